The number of aromatic nitrogens is 1. The summed E-state index contributed by atoms with van der Waals surface area (Å²) in [4.78, 5) is 3.00. The van der Waals surface area contributed by atoms with Crippen LogP contribution in [0.5, 0.6) is 0 Å². The van der Waals surface area contributed by atoms with Gasteiger partial charge in [0.15, 0.2) is 5.03 Å². The van der Waals surface area contributed by atoms with Crippen molar-refractivity contribution in [3.05, 3.63) is 23.6 Å². The molecule has 0 unspecified atom stereocenters. The van der Waals surface area contributed by atoms with Crippen LogP contribution in [0.25, 0.3) is 0 Å². The standard InChI is InChI=1S/C6H5F3N2O2S/c7-3-1-4(5(8)9)6(11-2-3)14(10,12)13/h1-2,5H,(H2,10,12,13). The molecular formula is C6H5F3N2O2S. The summed E-state index contributed by atoms with van der Waals surface area (Å²) in [6.07, 6.45) is -2.64. The largest absolute Gasteiger partial charge is 0.266 e. The first-order valence-electron chi connectivity index (χ1n) is 3.29. The number of nitrogens with two attached hydrogens (primary N) is 1. The van der Waals surface area contributed by atoms with Crippen LogP contribution in [0.2, 0.25) is 0 Å². The first kappa shape index (κ1) is 10.9. The van der Waals surface area contributed by atoms with Crippen molar-refractivity contribution in [2.45, 2.75) is 11.5 Å². The Labute approximate surface area is 77.6 Å². The summed E-state index contributed by atoms with van der Waals surface area (Å²) in [7, 11) is -4.35. The summed E-state index contributed by atoms with van der Waals surface area (Å²) in [6.45, 7) is 0. The zero-order chi connectivity index (χ0) is 10.9. The molecule has 0 fully saturated rings. The number of sulfonamides is 1. The van der Waals surface area contributed by atoms with Crippen LogP contribution >= 0.6 is 0 Å². The molecule has 1 aromatic heterocycles. The lowest BCUT2D eigenvalue weighted by Gasteiger charge is -2.04. The molecule has 4 nitrogen and oxygen atoms in total. The molecule has 0 aliphatic heterocycles. The van der Waals surface area contributed by atoms with E-state index in [-0.39, 0.29) is 0 Å². The number of hydrogen-bond acceptors (Lipinski definition) is 3. The fraction of sp³-hybridized carbons (Fsp3) is 0.167. The molecule has 0 atom stereocenters. The van der Waals surface area contributed by atoms with Crippen molar-refractivity contribution in [1.29, 1.82) is 0 Å². The van der Waals surface area contributed by atoms with Crippen LogP contribution in [-0.4, -0.2) is 13.4 Å². The smallest absolute Gasteiger partial charge is 0.240 e. The Morgan fingerprint density at radius 3 is 2.43 bits per heavy atom. The quantitative estimate of drug-likeness (QED) is 0.810. The number of pyridine rings is 1. The summed E-state index contributed by atoms with van der Waals surface area (Å²) in [5, 5.41) is 3.59. The molecule has 0 aliphatic rings. The number of hydrogen-bond donors (Lipinski definition) is 1. The third-order valence-electron chi connectivity index (χ3n) is 1.35. The average Bonchev–Trinajstić information content (AvgIpc) is 2.01. The minimum atomic E-state index is -4.35. The highest BCUT2D eigenvalue weighted by atomic mass is 32.2. The number of rotatable bonds is 2. The van der Waals surface area contributed by atoms with Gasteiger partial charge in [-0.05, 0) is 6.07 Å². The Morgan fingerprint density at radius 1 is 1.43 bits per heavy atom. The molecule has 1 aromatic rings. The lowest BCUT2D eigenvalue weighted by molar-refractivity contribution is 0.146. The Kier molecular flexibility index (Phi) is 2.76. The molecule has 78 valence electrons. The van der Waals surface area contributed by atoms with Gasteiger partial charge in [0, 0.05) is 0 Å². The zero-order valence-electron chi connectivity index (χ0n) is 6.62. The van der Waals surface area contributed by atoms with Crippen molar-refractivity contribution < 1.29 is 21.6 Å². The maximum Gasteiger partial charge on any atom is 0.266 e. The predicted octanol–water partition coefficient (Wildman–Crippen LogP) is 0.806. The second kappa shape index (κ2) is 3.54. The maximum atomic E-state index is 12.5. The van der Waals surface area contributed by atoms with E-state index in [1.165, 1.54) is 0 Å². The van der Waals surface area contributed by atoms with Crippen molar-refractivity contribution in [3.63, 3.8) is 0 Å². The number of nitrogens with zero attached hydrogens (tertiary/aromatic N) is 1. The van der Waals surface area contributed by atoms with Crippen molar-refractivity contribution in [2.75, 3.05) is 0 Å². The Morgan fingerprint density at radius 2 is 2.00 bits per heavy atom. The van der Waals surface area contributed by atoms with Gasteiger partial charge in [0.05, 0.1) is 11.8 Å². The molecule has 0 saturated heterocycles. The van der Waals surface area contributed by atoms with Crippen LogP contribution in [0.1, 0.15) is 12.0 Å². The van der Waals surface area contributed by atoms with Gasteiger partial charge in [-0.15, -0.1) is 0 Å². The van der Waals surface area contributed by atoms with Crippen LogP contribution in [0.3, 0.4) is 0 Å². The van der Waals surface area contributed by atoms with Gasteiger partial charge in [-0.3, -0.25) is 0 Å². The van der Waals surface area contributed by atoms with Crippen molar-refractivity contribution in [1.82, 2.24) is 4.98 Å². The molecule has 0 radical (unpaired) electrons. The van der Waals surface area contributed by atoms with E-state index in [2.05, 4.69) is 10.1 Å². The highest BCUT2D eigenvalue weighted by molar-refractivity contribution is 7.89. The van der Waals surface area contributed by atoms with Gasteiger partial charge in [-0.1, -0.05) is 0 Å². The molecular weight excluding hydrogens is 221 g/mol. The number of alkyl halides is 2. The van der Waals surface area contributed by atoms with E-state index in [0.29, 0.717) is 12.3 Å². The molecule has 1 heterocycles. The first-order valence-corrected chi connectivity index (χ1v) is 4.83. The Bertz CT molecular complexity index is 446. The molecule has 14 heavy (non-hydrogen) atoms. The molecule has 0 spiro atoms. The van der Waals surface area contributed by atoms with Crippen LogP contribution in [0, 0.1) is 5.82 Å². The Balaban J connectivity index is 3.45. The summed E-state index contributed by atoms with van der Waals surface area (Å²) >= 11 is 0. The molecule has 0 amide bonds. The third kappa shape index (κ3) is 2.20. The van der Waals surface area contributed by atoms with E-state index in [4.69, 9.17) is 0 Å². The molecule has 8 heteroatoms. The highest BCUT2D eigenvalue weighted by Gasteiger charge is 2.22. The first-order chi connectivity index (χ1) is 6.32. The van der Waals surface area contributed by atoms with Gasteiger partial charge >= 0.3 is 0 Å². The summed E-state index contributed by atoms with van der Waals surface area (Å²) in [6, 6.07) is 0.386. The molecule has 0 aromatic carbocycles. The highest BCUT2D eigenvalue weighted by Crippen LogP contribution is 2.24. The fourth-order valence-electron chi connectivity index (χ4n) is 0.836. The molecule has 1 rings (SSSR count). The fourth-order valence-corrected chi connectivity index (χ4v) is 1.51. The summed E-state index contributed by atoms with van der Waals surface area (Å²) < 4.78 is 58.3. The lowest BCUT2D eigenvalue weighted by atomic mass is 10.3. The van der Waals surface area contributed by atoms with E-state index < -0.39 is 32.9 Å². The zero-order valence-corrected chi connectivity index (χ0v) is 7.43. The van der Waals surface area contributed by atoms with Crippen LogP contribution in [-0.2, 0) is 10.0 Å². The normalized spacial score (nSPS) is 12.1. The monoisotopic (exact) mass is 226 g/mol. The second-order valence-electron chi connectivity index (χ2n) is 2.39. The van der Waals surface area contributed by atoms with Gasteiger partial charge in [0.25, 0.3) is 16.4 Å². The van der Waals surface area contributed by atoms with Gasteiger partial charge in [-0.25, -0.2) is 31.7 Å². The number of halogens is 3. The summed E-state index contributed by atoms with van der Waals surface area (Å²) in [5.41, 5.74) is -1.03. The van der Waals surface area contributed by atoms with E-state index in [1.807, 2.05) is 0 Å². The SMILES string of the molecule is NS(=O)(=O)c1ncc(F)cc1C(F)F. The minimum absolute atomic E-state index is 0.386. The lowest BCUT2D eigenvalue weighted by Crippen LogP contribution is -2.16. The van der Waals surface area contributed by atoms with Gasteiger partial charge < -0.3 is 0 Å². The average molecular weight is 226 g/mol. The molecule has 0 aliphatic carbocycles. The van der Waals surface area contributed by atoms with Gasteiger partial charge in [0.2, 0.25) is 0 Å². The third-order valence-corrected chi connectivity index (χ3v) is 2.23. The van der Waals surface area contributed by atoms with Crippen LogP contribution in [0.4, 0.5) is 13.2 Å². The van der Waals surface area contributed by atoms with Crippen molar-refractivity contribution in [3.8, 4) is 0 Å². The number of primary sulfonamides is 1. The topological polar surface area (TPSA) is 73.1 Å². The second-order valence-corrected chi connectivity index (χ2v) is 3.87. The van der Waals surface area contributed by atoms with E-state index in [9.17, 15) is 21.6 Å². The maximum absolute atomic E-state index is 12.5. The van der Waals surface area contributed by atoms with Crippen LogP contribution in [0.15, 0.2) is 17.3 Å². The van der Waals surface area contributed by atoms with Gasteiger partial charge in [-0.2, -0.15) is 0 Å². The van der Waals surface area contributed by atoms with Crippen molar-refractivity contribution in [2.24, 2.45) is 5.14 Å². The van der Waals surface area contributed by atoms with Crippen molar-refractivity contribution >= 4 is 10.0 Å². The molecule has 0 bridgehead atoms. The van der Waals surface area contributed by atoms with E-state index in [1.54, 1.807) is 0 Å². The van der Waals surface area contributed by atoms with E-state index >= 15 is 0 Å². The minimum Gasteiger partial charge on any atom is -0.240 e. The predicted molar refractivity (Wildman–Crippen MR) is 40.5 cm³/mol. The van der Waals surface area contributed by atoms with Crippen LogP contribution < -0.4 is 5.14 Å². The Hall–Kier alpha value is -1.15. The van der Waals surface area contributed by atoms with E-state index in [0.717, 1.165) is 0 Å². The molecule has 0 saturated carbocycles. The summed E-state index contributed by atoms with van der Waals surface area (Å²) in [5.74, 6) is -1.05. The van der Waals surface area contributed by atoms with Gasteiger partial charge in [0.1, 0.15) is 5.82 Å². The molecule has 2 N–H and O–H groups in total.